The van der Waals surface area contributed by atoms with Crippen molar-refractivity contribution < 1.29 is 5.11 Å². The van der Waals surface area contributed by atoms with Crippen LogP contribution < -0.4 is 5.73 Å². The molecule has 2 aromatic rings. The average Bonchev–Trinajstić information content (AvgIpc) is 3.35. The van der Waals surface area contributed by atoms with Gasteiger partial charge in [-0.2, -0.15) is 0 Å². The lowest BCUT2D eigenvalue weighted by atomic mass is 9.50. The first-order valence-corrected chi connectivity index (χ1v) is 11.3. The van der Waals surface area contributed by atoms with E-state index in [9.17, 15) is 5.11 Å². The fraction of sp³-hybridized carbons (Fsp3) is 0.696. The average molecular weight is 392 g/mol. The summed E-state index contributed by atoms with van der Waals surface area (Å²) in [6.45, 7) is 0.927. The second kappa shape index (κ2) is 6.43. The van der Waals surface area contributed by atoms with E-state index >= 15 is 0 Å². The van der Waals surface area contributed by atoms with Crippen LogP contribution >= 0.6 is 0 Å². The lowest BCUT2D eigenvalue weighted by Crippen LogP contribution is -2.56. The second-order valence-corrected chi connectivity index (χ2v) is 10.0. The molecular formula is C23H29N5O. The van der Waals surface area contributed by atoms with Crippen molar-refractivity contribution in [3.05, 3.63) is 12.2 Å². The monoisotopic (exact) mass is 391 g/mol. The zero-order valence-electron chi connectivity index (χ0n) is 16.8. The molecule has 0 radical (unpaired) electrons. The van der Waals surface area contributed by atoms with Crippen molar-refractivity contribution in [2.24, 2.45) is 29.6 Å². The summed E-state index contributed by atoms with van der Waals surface area (Å²) in [4.78, 5) is 13.5. The van der Waals surface area contributed by atoms with Gasteiger partial charge in [-0.3, -0.25) is 0 Å². The van der Waals surface area contributed by atoms with E-state index in [0.29, 0.717) is 34.9 Å². The van der Waals surface area contributed by atoms with Gasteiger partial charge in [0, 0.05) is 6.54 Å². The fourth-order valence-corrected chi connectivity index (χ4v) is 6.89. The van der Waals surface area contributed by atoms with Crippen LogP contribution in [0.5, 0.6) is 0 Å². The summed E-state index contributed by atoms with van der Waals surface area (Å²) in [5, 5.41) is 11.5. The highest BCUT2D eigenvalue weighted by atomic mass is 16.3. The van der Waals surface area contributed by atoms with Gasteiger partial charge in [0.15, 0.2) is 11.5 Å². The van der Waals surface area contributed by atoms with Crippen LogP contribution in [0.1, 0.15) is 63.6 Å². The van der Waals surface area contributed by atoms with Gasteiger partial charge in [-0.05, 0) is 80.5 Å². The van der Waals surface area contributed by atoms with E-state index in [1.54, 1.807) is 0 Å². The van der Waals surface area contributed by atoms with Gasteiger partial charge < -0.3 is 15.4 Å². The molecule has 0 amide bonds. The molecule has 3 N–H and O–H groups in total. The SMILES string of the molecule is Nc1nc(C#CC2(O)C3CC4CC(C3)CC2C4)nc2c1ncn2CC1CCCC1. The number of hydrogen-bond donors (Lipinski definition) is 2. The molecule has 0 atom stereocenters. The molecule has 5 saturated carbocycles. The number of imidazole rings is 1. The lowest BCUT2D eigenvalue weighted by molar-refractivity contribution is -0.136. The third-order valence-electron chi connectivity index (χ3n) is 8.18. The highest BCUT2D eigenvalue weighted by Gasteiger charge is 2.56. The molecule has 152 valence electrons. The summed E-state index contributed by atoms with van der Waals surface area (Å²) in [6, 6.07) is 0. The smallest absolute Gasteiger partial charge is 0.209 e. The number of anilines is 1. The minimum absolute atomic E-state index is 0.306. The molecule has 0 saturated heterocycles. The summed E-state index contributed by atoms with van der Waals surface area (Å²) in [5.74, 6) is 10.0. The molecule has 7 rings (SSSR count). The van der Waals surface area contributed by atoms with Gasteiger partial charge in [-0.15, -0.1) is 0 Å². The van der Waals surface area contributed by atoms with E-state index in [1.165, 1.54) is 32.1 Å². The van der Waals surface area contributed by atoms with Crippen LogP contribution in [-0.4, -0.2) is 30.2 Å². The van der Waals surface area contributed by atoms with Crippen molar-refractivity contribution in [1.82, 2.24) is 19.5 Å². The Morgan fingerprint density at radius 3 is 2.45 bits per heavy atom. The molecule has 5 fully saturated rings. The van der Waals surface area contributed by atoms with Crippen LogP contribution in [0.4, 0.5) is 5.82 Å². The highest BCUT2D eigenvalue weighted by molar-refractivity contribution is 5.81. The van der Waals surface area contributed by atoms with Crippen molar-refractivity contribution in [2.45, 2.75) is 69.9 Å². The molecular weight excluding hydrogens is 362 g/mol. The Balaban J connectivity index is 1.33. The normalized spacial score (nSPS) is 35.9. The molecule has 6 heteroatoms. The molecule has 0 aliphatic heterocycles. The number of aliphatic hydroxyl groups is 1. The van der Waals surface area contributed by atoms with Gasteiger partial charge in [0.25, 0.3) is 0 Å². The molecule has 29 heavy (non-hydrogen) atoms. The van der Waals surface area contributed by atoms with Crippen molar-refractivity contribution in [3.63, 3.8) is 0 Å². The molecule has 0 aromatic carbocycles. The minimum atomic E-state index is -0.884. The van der Waals surface area contributed by atoms with Crippen LogP contribution in [0, 0.1) is 41.4 Å². The van der Waals surface area contributed by atoms with Crippen LogP contribution in [-0.2, 0) is 6.54 Å². The molecule has 5 aliphatic rings. The van der Waals surface area contributed by atoms with Gasteiger partial charge in [0.05, 0.1) is 6.33 Å². The van der Waals surface area contributed by atoms with E-state index in [2.05, 4.69) is 26.4 Å². The van der Waals surface area contributed by atoms with Gasteiger partial charge in [-0.25, -0.2) is 15.0 Å². The number of rotatable bonds is 2. The number of nitrogens with zero attached hydrogens (tertiary/aromatic N) is 4. The number of nitrogen functional groups attached to an aromatic ring is 1. The number of nitrogens with two attached hydrogens (primary N) is 1. The molecule has 2 heterocycles. The first kappa shape index (κ1) is 17.7. The molecule has 5 aliphatic carbocycles. The summed E-state index contributed by atoms with van der Waals surface area (Å²) < 4.78 is 2.10. The Bertz CT molecular complexity index is 981. The Morgan fingerprint density at radius 2 is 1.76 bits per heavy atom. The van der Waals surface area contributed by atoms with E-state index < -0.39 is 5.60 Å². The first-order chi connectivity index (χ1) is 14.1. The van der Waals surface area contributed by atoms with E-state index in [1.807, 2.05) is 6.33 Å². The Hall–Kier alpha value is -2.13. The fourth-order valence-electron chi connectivity index (χ4n) is 6.89. The van der Waals surface area contributed by atoms with Gasteiger partial charge in [0.2, 0.25) is 5.82 Å². The summed E-state index contributed by atoms with van der Waals surface area (Å²) in [7, 11) is 0. The van der Waals surface area contributed by atoms with Crippen LogP contribution in [0.3, 0.4) is 0 Å². The second-order valence-electron chi connectivity index (χ2n) is 10.0. The van der Waals surface area contributed by atoms with E-state index in [-0.39, 0.29) is 0 Å². The van der Waals surface area contributed by atoms with Crippen molar-refractivity contribution in [3.8, 4) is 11.8 Å². The molecule has 2 aromatic heterocycles. The van der Waals surface area contributed by atoms with Crippen LogP contribution in [0.15, 0.2) is 6.33 Å². The molecule has 0 unspecified atom stereocenters. The number of hydrogen-bond acceptors (Lipinski definition) is 5. The minimum Gasteiger partial charge on any atom is -0.382 e. The molecule has 0 spiro atoms. The predicted octanol–water partition coefficient (Wildman–Crippen LogP) is 3.14. The maximum atomic E-state index is 11.5. The van der Waals surface area contributed by atoms with Gasteiger partial charge in [-0.1, -0.05) is 18.8 Å². The predicted molar refractivity (Wildman–Crippen MR) is 111 cm³/mol. The van der Waals surface area contributed by atoms with Gasteiger partial charge in [0.1, 0.15) is 11.1 Å². The van der Waals surface area contributed by atoms with Crippen molar-refractivity contribution in [1.29, 1.82) is 0 Å². The highest BCUT2D eigenvalue weighted by Crippen LogP contribution is 2.58. The summed E-state index contributed by atoms with van der Waals surface area (Å²) in [5.41, 5.74) is 6.72. The largest absolute Gasteiger partial charge is 0.382 e. The first-order valence-electron chi connectivity index (χ1n) is 11.3. The Kier molecular flexibility index (Phi) is 3.93. The maximum absolute atomic E-state index is 11.5. The molecule has 6 nitrogen and oxygen atoms in total. The van der Waals surface area contributed by atoms with Crippen molar-refractivity contribution in [2.75, 3.05) is 5.73 Å². The summed E-state index contributed by atoms with van der Waals surface area (Å²) in [6.07, 6.45) is 12.8. The van der Waals surface area contributed by atoms with Gasteiger partial charge >= 0.3 is 0 Å². The van der Waals surface area contributed by atoms with Crippen LogP contribution in [0.2, 0.25) is 0 Å². The third-order valence-corrected chi connectivity index (χ3v) is 8.18. The third kappa shape index (κ3) is 2.85. The van der Waals surface area contributed by atoms with E-state index in [0.717, 1.165) is 49.7 Å². The van der Waals surface area contributed by atoms with Crippen LogP contribution in [0.25, 0.3) is 11.2 Å². The number of aromatic nitrogens is 4. The standard InChI is InChI=1S/C23H29N5O/c24-21-20-22(28(13-25-20)12-14-3-1-2-4-14)27-19(26-21)5-6-23(29)17-8-15-7-16(10-17)11-18(23)9-15/h13-18,29H,1-4,7-12H2,(H2,24,26,27). The lowest BCUT2D eigenvalue weighted by Gasteiger charge is -2.56. The Morgan fingerprint density at radius 1 is 1.07 bits per heavy atom. The zero-order valence-corrected chi connectivity index (χ0v) is 16.8. The zero-order chi connectivity index (χ0) is 19.6. The van der Waals surface area contributed by atoms with Crippen molar-refractivity contribution >= 4 is 17.0 Å². The maximum Gasteiger partial charge on any atom is 0.209 e. The quantitative estimate of drug-likeness (QED) is 0.768. The van der Waals surface area contributed by atoms with E-state index in [4.69, 9.17) is 10.7 Å². The number of fused-ring (bicyclic) bond motifs is 1. The molecule has 4 bridgehead atoms. The topological polar surface area (TPSA) is 89.8 Å². The summed E-state index contributed by atoms with van der Waals surface area (Å²) >= 11 is 0. The Labute approximate surface area is 171 Å².